The molecule has 5 heteroatoms. The second-order valence-electron chi connectivity index (χ2n) is 2.09. The molecule has 0 aliphatic heterocycles. The summed E-state index contributed by atoms with van der Waals surface area (Å²) in [7, 11) is 0. The Morgan fingerprint density at radius 1 is 1.38 bits per heavy atom. The number of hydrogen-bond donors (Lipinski definition) is 0. The van der Waals surface area contributed by atoms with Gasteiger partial charge in [-0.15, -0.1) is 0 Å². The first-order valence-corrected chi connectivity index (χ1v) is 3.26. The van der Waals surface area contributed by atoms with E-state index in [0.717, 1.165) is 18.2 Å². The van der Waals surface area contributed by atoms with Gasteiger partial charge in [-0.3, -0.25) is 4.79 Å². The summed E-state index contributed by atoms with van der Waals surface area (Å²) < 4.78 is 29.4. The lowest BCUT2D eigenvalue weighted by Crippen LogP contribution is -2.10. The lowest BCUT2D eigenvalue weighted by atomic mass is 10.3. The van der Waals surface area contributed by atoms with Crippen LogP contribution in [0.5, 0.6) is 5.75 Å². The first-order valence-electron chi connectivity index (χ1n) is 3.26. The van der Waals surface area contributed by atoms with E-state index in [1.54, 1.807) is 0 Å². The van der Waals surface area contributed by atoms with Gasteiger partial charge in [0.2, 0.25) is 12.1 Å². The van der Waals surface area contributed by atoms with Gasteiger partial charge in [-0.1, -0.05) is 6.07 Å². The van der Waals surface area contributed by atoms with Crippen molar-refractivity contribution in [2.75, 3.05) is 0 Å². The third-order valence-corrected chi connectivity index (χ3v) is 1.22. The lowest BCUT2D eigenvalue weighted by molar-refractivity contribution is -0.141. The van der Waals surface area contributed by atoms with Crippen LogP contribution in [0.1, 0.15) is 0 Å². The summed E-state index contributed by atoms with van der Waals surface area (Å²) in [5.74, 6) is -4.31. The molecular formula is C8H4F2O3. The Kier molecular flexibility index (Phi) is 2.69. The maximum Gasteiger partial charge on any atom is 0.376 e. The molecule has 13 heavy (non-hydrogen) atoms. The Balaban J connectivity index is 2.95. The van der Waals surface area contributed by atoms with Crippen molar-refractivity contribution in [3.05, 3.63) is 29.8 Å². The summed E-state index contributed by atoms with van der Waals surface area (Å²) in [5.41, 5.74) is 0. The fourth-order valence-electron chi connectivity index (χ4n) is 0.695. The molecule has 0 aromatic heterocycles. The third-order valence-electron chi connectivity index (χ3n) is 1.22. The topological polar surface area (TPSA) is 43.4 Å². The molecular weight excluding hydrogens is 182 g/mol. The molecule has 1 aromatic rings. The van der Waals surface area contributed by atoms with Crippen LogP contribution in [0, 0.1) is 11.6 Å². The highest BCUT2D eigenvalue weighted by molar-refractivity contribution is 6.21. The van der Waals surface area contributed by atoms with Crippen molar-refractivity contribution in [1.29, 1.82) is 0 Å². The smallest absolute Gasteiger partial charge is 0.376 e. The fraction of sp³-hybridized carbons (Fsp3) is 0. The molecule has 0 amide bonds. The molecule has 0 aliphatic carbocycles. The van der Waals surface area contributed by atoms with Crippen molar-refractivity contribution in [3.8, 4) is 5.75 Å². The summed E-state index contributed by atoms with van der Waals surface area (Å²) in [4.78, 5) is 20.2. The molecule has 0 spiro atoms. The highest BCUT2D eigenvalue weighted by Gasteiger charge is 2.11. The van der Waals surface area contributed by atoms with E-state index in [2.05, 4.69) is 4.74 Å². The van der Waals surface area contributed by atoms with Crippen LogP contribution >= 0.6 is 0 Å². The van der Waals surface area contributed by atoms with Gasteiger partial charge < -0.3 is 4.74 Å². The Bertz CT molecular complexity index is 349. The monoisotopic (exact) mass is 186 g/mol. The van der Waals surface area contributed by atoms with Crippen LogP contribution in [0.3, 0.4) is 0 Å². The van der Waals surface area contributed by atoms with Crippen LogP contribution in [-0.2, 0) is 9.59 Å². The van der Waals surface area contributed by atoms with Gasteiger partial charge in [-0.2, -0.15) is 4.39 Å². The minimum absolute atomic E-state index is 0.135. The minimum atomic E-state index is -1.29. The van der Waals surface area contributed by atoms with Crippen molar-refractivity contribution in [3.63, 3.8) is 0 Å². The van der Waals surface area contributed by atoms with E-state index >= 15 is 0 Å². The summed E-state index contributed by atoms with van der Waals surface area (Å²) in [6, 6.07) is 3.07. The second-order valence-corrected chi connectivity index (χ2v) is 2.09. The van der Waals surface area contributed by atoms with E-state index in [-0.39, 0.29) is 6.29 Å². The predicted molar refractivity (Wildman–Crippen MR) is 38.1 cm³/mol. The Hall–Kier alpha value is -1.78. The van der Waals surface area contributed by atoms with E-state index in [4.69, 9.17) is 0 Å². The summed E-state index contributed by atoms with van der Waals surface area (Å²) in [6.07, 6.45) is -0.135. The molecule has 0 radical (unpaired) electrons. The number of carbonyl (C=O) groups excluding carboxylic acids is 2. The molecule has 68 valence electrons. The van der Waals surface area contributed by atoms with E-state index in [0.29, 0.717) is 0 Å². The summed E-state index contributed by atoms with van der Waals surface area (Å²) >= 11 is 0. The van der Waals surface area contributed by atoms with Crippen molar-refractivity contribution < 1.29 is 23.1 Å². The van der Waals surface area contributed by atoms with Gasteiger partial charge in [0.15, 0.2) is 11.6 Å². The van der Waals surface area contributed by atoms with Gasteiger partial charge >= 0.3 is 5.97 Å². The molecule has 0 heterocycles. The normalized spacial score (nSPS) is 9.38. The van der Waals surface area contributed by atoms with E-state index in [9.17, 15) is 18.4 Å². The van der Waals surface area contributed by atoms with Crippen LogP contribution in [0.15, 0.2) is 18.2 Å². The van der Waals surface area contributed by atoms with Crippen LogP contribution in [0.2, 0.25) is 0 Å². The van der Waals surface area contributed by atoms with E-state index in [1.165, 1.54) is 0 Å². The molecule has 0 aliphatic rings. The molecule has 0 saturated heterocycles. The Labute approximate surface area is 71.9 Å². The van der Waals surface area contributed by atoms with Crippen LogP contribution < -0.4 is 4.74 Å². The number of ether oxygens (including phenoxy) is 1. The molecule has 0 bridgehead atoms. The van der Waals surface area contributed by atoms with Gasteiger partial charge in [0.25, 0.3) is 0 Å². The van der Waals surface area contributed by atoms with Crippen molar-refractivity contribution in [2.45, 2.75) is 0 Å². The van der Waals surface area contributed by atoms with Gasteiger partial charge in [0.1, 0.15) is 0 Å². The van der Waals surface area contributed by atoms with Gasteiger partial charge in [0.05, 0.1) is 0 Å². The van der Waals surface area contributed by atoms with Crippen molar-refractivity contribution in [1.82, 2.24) is 0 Å². The number of rotatable bonds is 2. The zero-order chi connectivity index (χ0) is 9.84. The number of benzene rings is 1. The van der Waals surface area contributed by atoms with E-state index < -0.39 is 23.4 Å². The van der Waals surface area contributed by atoms with Crippen LogP contribution in [0.4, 0.5) is 8.78 Å². The second kappa shape index (κ2) is 3.75. The van der Waals surface area contributed by atoms with Gasteiger partial charge in [0, 0.05) is 0 Å². The minimum Gasteiger partial charge on any atom is -0.418 e. The molecule has 3 nitrogen and oxygen atoms in total. The average molecular weight is 186 g/mol. The summed E-state index contributed by atoms with van der Waals surface area (Å²) in [6.45, 7) is 0. The zero-order valence-corrected chi connectivity index (χ0v) is 6.29. The van der Waals surface area contributed by atoms with Gasteiger partial charge in [-0.25, -0.2) is 9.18 Å². The molecule has 1 rings (SSSR count). The highest BCUT2D eigenvalue weighted by Crippen LogP contribution is 2.18. The molecule has 0 atom stereocenters. The van der Waals surface area contributed by atoms with Crippen LogP contribution in [-0.4, -0.2) is 12.3 Å². The van der Waals surface area contributed by atoms with E-state index in [1.807, 2.05) is 0 Å². The van der Waals surface area contributed by atoms with Crippen molar-refractivity contribution in [2.24, 2.45) is 0 Å². The fourth-order valence-corrected chi connectivity index (χ4v) is 0.695. The number of hydrogen-bond acceptors (Lipinski definition) is 3. The largest absolute Gasteiger partial charge is 0.418 e. The maximum absolute atomic E-state index is 12.7. The lowest BCUT2D eigenvalue weighted by Gasteiger charge is -2.01. The quantitative estimate of drug-likeness (QED) is 0.300. The number of aldehydes is 1. The zero-order valence-electron chi connectivity index (χ0n) is 6.29. The highest BCUT2D eigenvalue weighted by atomic mass is 19.2. The Morgan fingerprint density at radius 2 is 2.08 bits per heavy atom. The molecule has 1 aromatic carbocycles. The SMILES string of the molecule is O=CC(=O)Oc1cccc(F)c1F. The molecule has 0 N–H and O–H groups in total. The van der Waals surface area contributed by atoms with Crippen molar-refractivity contribution >= 4 is 12.3 Å². The number of halogens is 2. The standard InChI is InChI=1S/C8H4F2O3/c9-5-2-1-3-6(8(5)10)13-7(12)4-11/h1-4H. The molecule has 0 fully saturated rings. The van der Waals surface area contributed by atoms with Gasteiger partial charge in [-0.05, 0) is 12.1 Å². The van der Waals surface area contributed by atoms with Crippen LogP contribution in [0.25, 0.3) is 0 Å². The maximum atomic E-state index is 12.7. The number of esters is 1. The molecule has 0 unspecified atom stereocenters. The molecule has 0 saturated carbocycles. The Morgan fingerprint density at radius 3 is 2.69 bits per heavy atom. The number of carbonyl (C=O) groups is 2. The first-order chi connectivity index (χ1) is 6.15. The summed E-state index contributed by atoms with van der Waals surface area (Å²) in [5, 5.41) is 0. The predicted octanol–water partition coefficient (Wildman–Crippen LogP) is 1.07. The average Bonchev–Trinajstić information content (AvgIpc) is 2.13. The third kappa shape index (κ3) is 2.08. The first kappa shape index (κ1) is 9.31.